The highest BCUT2D eigenvalue weighted by Crippen LogP contribution is 2.30. The van der Waals surface area contributed by atoms with Crippen LogP contribution in [0.4, 0.5) is 5.88 Å². The number of rotatable bonds is 5. The van der Waals surface area contributed by atoms with Gasteiger partial charge in [0.25, 0.3) is 0 Å². The first-order chi connectivity index (χ1) is 13.0. The molecular formula is C22H18N2O3. The largest absolute Gasteiger partial charge is 0.443 e. The van der Waals surface area contributed by atoms with Crippen LogP contribution in [0.2, 0.25) is 0 Å². The Hall–Kier alpha value is -3.65. The normalized spacial score (nSPS) is 10.4. The molecule has 2 aromatic carbocycles. The minimum absolute atomic E-state index is 0.00191. The Bertz CT molecular complexity index is 975. The first kappa shape index (κ1) is 18.2. The minimum atomic E-state index is -0.579. The first-order valence-electron chi connectivity index (χ1n) is 8.48. The van der Waals surface area contributed by atoms with Crippen molar-refractivity contribution in [1.29, 1.82) is 5.26 Å². The van der Waals surface area contributed by atoms with Crippen molar-refractivity contribution >= 4 is 17.6 Å². The van der Waals surface area contributed by atoms with Crippen molar-refractivity contribution in [3.05, 3.63) is 88.7 Å². The Balaban J connectivity index is 2.01. The summed E-state index contributed by atoms with van der Waals surface area (Å²) in [6, 6.07) is 20.7. The second-order valence-electron chi connectivity index (χ2n) is 6.15. The summed E-state index contributed by atoms with van der Waals surface area (Å²) < 4.78 is 5.52. The number of Topliss-reactive ketones (excluding diaryl/α,β-unsaturated/α-hetero) is 1. The molecule has 0 aliphatic carbocycles. The molecule has 1 amide bonds. The van der Waals surface area contributed by atoms with Crippen LogP contribution in [0.3, 0.4) is 0 Å². The highest BCUT2D eigenvalue weighted by Gasteiger charge is 2.27. The quantitative estimate of drug-likeness (QED) is 0.684. The number of furan rings is 1. The predicted molar refractivity (Wildman–Crippen MR) is 102 cm³/mol. The lowest BCUT2D eigenvalue weighted by Crippen LogP contribution is -2.22. The van der Waals surface area contributed by atoms with E-state index in [9.17, 15) is 14.9 Å². The van der Waals surface area contributed by atoms with Crippen LogP contribution in [0.25, 0.3) is 0 Å². The molecule has 0 atom stereocenters. The van der Waals surface area contributed by atoms with Gasteiger partial charge in [-0.2, -0.15) is 5.26 Å². The van der Waals surface area contributed by atoms with Gasteiger partial charge in [0, 0.05) is 0 Å². The fourth-order valence-electron chi connectivity index (χ4n) is 3.13. The van der Waals surface area contributed by atoms with Crippen LogP contribution in [0.1, 0.15) is 45.7 Å². The van der Waals surface area contributed by atoms with Crippen LogP contribution in [0.5, 0.6) is 0 Å². The molecule has 1 N–H and O–H groups in total. The van der Waals surface area contributed by atoms with Gasteiger partial charge in [-0.3, -0.25) is 14.9 Å². The van der Waals surface area contributed by atoms with E-state index in [4.69, 9.17) is 4.42 Å². The van der Waals surface area contributed by atoms with Gasteiger partial charge >= 0.3 is 0 Å². The van der Waals surface area contributed by atoms with Crippen molar-refractivity contribution in [2.24, 2.45) is 0 Å². The number of amides is 1. The van der Waals surface area contributed by atoms with Gasteiger partial charge in [0.05, 0.1) is 11.5 Å². The fourth-order valence-corrected chi connectivity index (χ4v) is 3.13. The van der Waals surface area contributed by atoms with E-state index < -0.39 is 5.92 Å². The standard InChI is InChI=1S/C22H18N2O3/c1-14(25)19-15(2)27-22(18(19)13-23)24-21(26)20(16-9-5-3-6-10-16)17-11-7-4-8-12-17/h3-12,20H,1-2H3,(H,24,26). The van der Waals surface area contributed by atoms with Crippen molar-refractivity contribution in [3.8, 4) is 6.07 Å². The number of hydrogen-bond acceptors (Lipinski definition) is 4. The third-order valence-electron chi connectivity index (χ3n) is 4.31. The molecule has 0 bridgehead atoms. The average Bonchev–Trinajstić information content (AvgIpc) is 2.98. The van der Waals surface area contributed by atoms with Crippen molar-refractivity contribution in [2.75, 3.05) is 5.32 Å². The van der Waals surface area contributed by atoms with Crippen molar-refractivity contribution < 1.29 is 14.0 Å². The van der Waals surface area contributed by atoms with E-state index in [2.05, 4.69) is 5.32 Å². The summed E-state index contributed by atoms with van der Waals surface area (Å²) in [7, 11) is 0. The van der Waals surface area contributed by atoms with Crippen molar-refractivity contribution in [2.45, 2.75) is 19.8 Å². The Labute approximate surface area is 157 Å². The smallest absolute Gasteiger partial charge is 0.238 e. The van der Waals surface area contributed by atoms with Gasteiger partial charge in [-0.1, -0.05) is 60.7 Å². The molecule has 0 radical (unpaired) electrons. The molecular weight excluding hydrogens is 340 g/mol. The van der Waals surface area contributed by atoms with Crippen LogP contribution in [-0.2, 0) is 4.79 Å². The van der Waals surface area contributed by atoms with Crippen LogP contribution in [0, 0.1) is 18.3 Å². The Morgan fingerprint density at radius 2 is 1.52 bits per heavy atom. The third kappa shape index (κ3) is 3.65. The molecule has 0 aliphatic rings. The zero-order valence-electron chi connectivity index (χ0n) is 15.0. The van der Waals surface area contributed by atoms with Gasteiger partial charge in [-0.05, 0) is 25.0 Å². The maximum Gasteiger partial charge on any atom is 0.238 e. The average molecular weight is 358 g/mol. The molecule has 5 nitrogen and oxygen atoms in total. The predicted octanol–water partition coefficient (Wildman–Crippen LogP) is 4.43. The van der Waals surface area contributed by atoms with E-state index in [-0.39, 0.29) is 28.7 Å². The van der Waals surface area contributed by atoms with E-state index >= 15 is 0 Å². The SMILES string of the molecule is CC(=O)c1c(C)oc(NC(=O)C(c2ccccc2)c2ccccc2)c1C#N. The summed E-state index contributed by atoms with van der Waals surface area (Å²) in [5, 5.41) is 12.1. The van der Waals surface area contributed by atoms with E-state index in [0.29, 0.717) is 5.76 Å². The number of carbonyl (C=O) groups is 2. The summed E-state index contributed by atoms with van der Waals surface area (Å²) in [5.41, 5.74) is 1.88. The maximum atomic E-state index is 13.1. The van der Waals surface area contributed by atoms with E-state index in [1.54, 1.807) is 6.92 Å². The van der Waals surface area contributed by atoms with Crippen molar-refractivity contribution in [1.82, 2.24) is 0 Å². The molecule has 0 spiro atoms. The minimum Gasteiger partial charge on any atom is -0.443 e. The van der Waals surface area contributed by atoms with Gasteiger partial charge in [0.2, 0.25) is 11.8 Å². The summed E-state index contributed by atoms with van der Waals surface area (Å²) in [4.78, 5) is 24.9. The summed E-state index contributed by atoms with van der Waals surface area (Å²) >= 11 is 0. The molecule has 5 heteroatoms. The Morgan fingerprint density at radius 3 is 1.96 bits per heavy atom. The fraction of sp³-hybridized carbons (Fsp3) is 0.136. The summed E-state index contributed by atoms with van der Waals surface area (Å²) in [5.74, 6) is -0.888. The number of aryl methyl sites for hydroxylation is 1. The summed E-state index contributed by atoms with van der Waals surface area (Å²) in [6.07, 6.45) is 0. The molecule has 0 unspecified atom stereocenters. The van der Waals surface area contributed by atoms with Crippen LogP contribution in [0.15, 0.2) is 65.1 Å². The topological polar surface area (TPSA) is 83.1 Å². The van der Waals surface area contributed by atoms with Crippen LogP contribution < -0.4 is 5.32 Å². The number of anilines is 1. The molecule has 0 fully saturated rings. The zero-order valence-corrected chi connectivity index (χ0v) is 15.0. The zero-order chi connectivity index (χ0) is 19.4. The molecule has 1 heterocycles. The molecule has 0 saturated heterocycles. The van der Waals surface area contributed by atoms with Gasteiger partial charge in [-0.25, -0.2) is 0 Å². The van der Waals surface area contributed by atoms with Gasteiger partial charge in [-0.15, -0.1) is 0 Å². The lowest BCUT2D eigenvalue weighted by atomic mass is 9.90. The molecule has 0 saturated carbocycles. The highest BCUT2D eigenvalue weighted by atomic mass is 16.4. The molecule has 27 heavy (non-hydrogen) atoms. The number of benzene rings is 2. The lowest BCUT2D eigenvalue weighted by Gasteiger charge is -2.17. The molecule has 134 valence electrons. The van der Waals surface area contributed by atoms with Gasteiger partial charge in [0.15, 0.2) is 5.78 Å². The number of carbonyl (C=O) groups excluding carboxylic acids is 2. The number of hydrogen-bond donors (Lipinski definition) is 1. The molecule has 0 aliphatic heterocycles. The number of nitrogens with zero attached hydrogens (tertiary/aromatic N) is 1. The number of nitrogens with one attached hydrogen (secondary N) is 1. The van der Waals surface area contributed by atoms with E-state index in [1.165, 1.54) is 6.92 Å². The third-order valence-corrected chi connectivity index (χ3v) is 4.31. The molecule has 3 rings (SSSR count). The molecule has 1 aromatic heterocycles. The van der Waals surface area contributed by atoms with E-state index in [0.717, 1.165) is 11.1 Å². The Kier molecular flexibility index (Phi) is 5.18. The molecule has 3 aromatic rings. The summed E-state index contributed by atoms with van der Waals surface area (Å²) in [6.45, 7) is 2.96. The highest BCUT2D eigenvalue weighted by molar-refractivity contribution is 6.02. The maximum absolute atomic E-state index is 13.1. The van der Waals surface area contributed by atoms with Crippen LogP contribution in [-0.4, -0.2) is 11.7 Å². The van der Waals surface area contributed by atoms with Gasteiger partial charge < -0.3 is 4.42 Å². The number of ketones is 1. The van der Waals surface area contributed by atoms with E-state index in [1.807, 2.05) is 66.7 Å². The van der Waals surface area contributed by atoms with Crippen LogP contribution >= 0.6 is 0 Å². The first-order valence-corrected chi connectivity index (χ1v) is 8.48. The van der Waals surface area contributed by atoms with Gasteiger partial charge in [0.1, 0.15) is 17.4 Å². The monoisotopic (exact) mass is 358 g/mol. The lowest BCUT2D eigenvalue weighted by molar-refractivity contribution is -0.116. The second kappa shape index (κ2) is 7.71. The number of nitriles is 1. The Morgan fingerprint density at radius 1 is 1.00 bits per heavy atom. The second-order valence-corrected chi connectivity index (χ2v) is 6.15. The van der Waals surface area contributed by atoms with Crippen molar-refractivity contribution in [3.63, 3.8) is 0 Å².